The summed E-state index contributed by atoms with van der Waals surface area (Å²) < 4.78 is 5.36. The van der Waals surface area contributed by atoms with Crippen LogP contribution in [0.25, 0.3) is 0 Å². The Morgan fingerprint density at radius 1 is 1.67 bits per heavy atom. The van der Waals surface area contributed by atoms with E-state index < -0.39 is 5.97 Å². The van der Waals surface area contributed by atoms with Gasteiger partial charge >= 0.3 is 5.97 Å². The molecule has 1 N–H and O–H groups in total. The molecule has 0 fully saturated rings. The van der Waals surface area contributed by atoms with Crippen molar-refractivity contribution < 1.29 is 14.6 Å². The second-order valence-corrected chi connectivity index (χ2v) is 3.81. The van der Waals surface area contributed by atoms with Gasteiger partial charge in [-0.15, -0.1) is 0 Å². The Balaban J connectivity index is 3.33. The number of nitriles is 1. The first-order valence-electron chi connectivity index (χ1n) is 4.20. The zero-order valence-electron chi connectivity index (χ0n) is 7.95. The van der Waals surface area contributed by atoms with Crippen LogP contribution in [0.4, 0.5) is 0 Å². The van der Waals surface area contributed by atoms with Crippen molar-refractivity contribution in [2.45, 2.75) is 6.92 Å². The highest BCUT2D eigenvalue weighted by Gasteiger charge is 2.19. The van der Waals surface area contributed by atoms with Gasteiger partial charge in [-0.1, -0.05) is 0 Å². The molecular formula is C10H8INO3. The van der Waals surface area contributed by atoms with E-state index in [1.165, 1.54) is 6.07 Å². The minimum Gasteiger partial charge on any atom is -0.507 e. The average molecular weight is 317 g/mol. The van der Waals surface area contributed by atoms with E-state index in [1.54, 1.807) is 13.0 Å². The lowest BCUT2D eigenvalue weighted by molar-refractivity contribution is 0.0522. The number of phenols is 1. The van der Waals surface area contributed by atoms with Gasteiger partial charge in [0.15, 0.2) is 0 Å². The van der Waals surface area contributed by atoms with Crippen LogP contribution in [-0.2, 0) is 4.74 Å². The molecule has 0 spiro atoms. The highest BCUT2D eigenvalue weighted by Crippen LogP contribution is 2.25. The van der Waals surface area contributed by atoms with Crippen molar-refractivity contribution in [2.24, 2.45) is 0 Å². The molecule has 0 aliphatic carbocycles. The minimum atomic E-state index is -0.676. The number of carbonyl (C=O) groups excluding carboxylic acids is 1. The first-order valence-corrected chi connectivity index (χ1v) is 5.28. The lowest BCUT2D eigenvalue weighted by Gasteiger charge is -2.07. The standard InChI is InChI=1S/C10H8INO3/c1-2-15-10(14)9-6(5-12)7(11)3-4-8(9)13/h3-4,13H,2H2,1H3. The molecule has 0 saturated carbocycles. The molecule has 0 amide bonds. The summed E-state index contributed by atoms with van der Waals surface area (Å²) in [6.07, 6.45) is 0. The highest BCUT2D eigenvalue weighted by molar-refractivity contribution is 14.1. The third-order valence-electron chi connectivity index (χ3n) is 1.72. The molecule has 1 rings (SSSR count). The van der Waals surface area contributed by atoms with E-state index in [1.807, 2.05) is 28.7 Å². The number of halogens is 1. The quantitative estimate of drug-likeness (QED) is 0.669. The number of carbonyl (C=O) groups is 1. The maximum absolute atomic E-state index is 11.5. The van der Waals surface area contributed by atoms with Gasteiger partial charge in [0.05, 0.1) is 12.2 Å². The normalized spacial score (nSPS) is 9.40. The van der Waals surface area contributed by atoms with Gasteiger partial charge in [0, 0.05) is 3.57 Å². The fraction of sp³-hybridized carbons (Fsp3) is 0.200. The highest BCUT2D eigenvalue weighted by atomic mass is 127. The second kappa shape index (κ2) is 4.98. The van der Waals surface area contributed by atoms with Crippen molar-refractivity contribution in [1.82, 2.24) is 0 Å². The Morgan fingerprint density at radius 2 is 2.33 bits per heavy atom. The average Bonchev–Trinajstić information content (AvgIpc) is 2.21. The van der Waals surface area contributed by atoms with Gasteiger partial charge in [-0.3, -0.25) is 0 Å². The number of nitrogens with zero attached hydrogens (tertiary/aromatic N) is 1. The van der Waals surface area contributed by atoms with Gasteiger partial charge in [-0.05, 0) is 41.6 Å². The molecule has 0 saturated heterocycles. The van der Waals surface area contributed by atoms with Crippen molar-refractivity contribution in [1.29, 1.82) is 5.26 Å². The van der Waals surface area contributed by atoms with Crippen LogP contribution in [0.1, 0.15) is 22.8 Å². The minimum absolute atomic E-state index is 0.0637. The summed E-state index contributed by atoms with van der Waals surface area (Å²) in [6, 6.07) is 4.81. The molecule has 15 heavy (non-hydrogen) atoms. The summed E-state index contributed by atoms with van der Waals surface area (Å²) >= 11 is 1.92. The van der Waals surface area contributed by atoms with E-state index in [9.17, 15) is 9.90 Å². The molecule has 0 atom stereocenters. The molecule has 4 nitrogen and oxygen atoms in total. The maximum atomic E-state index is 11.5. The van der Waals surface area contributed by atoms with E-state index in [2.05, 4.69) is 0 Å². The second-order valence-electron chi connectivity index (χ2n) is 2.65. The summed E-state index contributed by atoms with van der Waals surface area (Å²) in [6.45, 7) is 1.86. The molecule has 5 heteroatoms. The van der Waals surface area contributed by atoms with Crippen LogP contribution < -0.4 is 0 Å². The van der Waals surface area contributed by atoms with Gasteiger partial charge in [-0.25, -0.2) is 4.79 Å². The van der Waals surface area contributed by atoms with Crippen molar-refractivity contribution in [2.75, 3.05) is 6.61 Å². The Morgan fingerprint density at radius 3 is 2.87 bits per heavy atom. The number of rotatable bonds is 2. The van der Waals surface area contributed by atoms with E-state index in [0.29, 0.717) is 3.57 Å². The third-order valence-corrected chi connectivity index (χ3v) is 2.62. The van der Waals surface area contributed by atoms with Gasteiger partial charge in [0.2, 0.25) is 0 Å². The van der Waals surface area contributed by atoms with Crippen LogP contribution in [0.3, 0.4) is 0 Å². The molecule has 0 heterocycles. The van der Waals surface area contributed by atoms with E-state index in [4.69, 9.17) is 10.00 Å². The van der Waals surface area contributed by atoms with Crippen LogP contribution in [0.15, 0.2) is 12.1 Å². The fourth-order valence-corrected chi connectivity index (χ4v) is 1.66. The zero-order chi connectivity index (χ0) is 11.4. The van der Waals surface area contributed by atoms with E-state index >= 15 is 0 Å². The van der Waals surface area contributed by atoms with Gasteiger partial charge in [0.25, 0.3) is 0 Å². The topological polar surface area (TPSA) is 70.3 Å². The molecule has 1 aromatic rings. The van der Waals surface area contributed by atoms with Crippen molar-refractivity contribution in [3.05, 3.63) is 26.8 Å². The largest absolute Gasteiger partial charge is 0.507 e. The van der Waals surface area contributed by atoms with Crippen LogP contribution in [0, 0.1) is 14.9 Å². The van der Waals surface area contributed by atoms with Crippen molar-refractivity contribution in [3.8, 4) is 11.8 Å². The Labute approximate surface area is 101 Å². The molecule has 1 aromatic carbocycles. The fourth-order valence-electron chi connectivity index (χ4n) is 1.09. The number of benzene rings is 1. The zero-order valence-corrected chi connectivity index (χ0v) is 10.1. The molecule has 0 aliphatic rings. The number of esters is 1. The first kappa shape index (κ1) is 11.8. The van der Waals surface area contributed by atoms with Crippen molar-refractivity contribution in [3.63, 3.8) is 0 Å². The van der Waals surface area contributed by atoms with E-state index in [0.717, 1.165) is 0 Å². The van der Waals surface area contributed by atoms with Gasteiger partial charge in [0.1, 0.15) is 17.4 Å². The predicted octanol–water partition coefficient (Wildman–Crippen LogP) is 2.05. The van der Waals surface area contributed by atoms with Gasteiger partial charge < -0.3 is 9.84 Å². The third kappa shape index (κ3) is 2.39. The molecule has 78 valence electrons. The molecule has 0 unspecified atom stereocenters. The van der Waals surface area contributed by atoms with Gasteiger partial charge in [-0.2, -0.15) is 5.26 Å². The smallest absolute Gasteiger partial charge is 0.343 e. The van der Waals surface area contributed by atoms with Crippen molar-refractivity contribution >= 4 is 28.6 Å². The van der Waals surface area contributed by atoms with Crippen LogP contribution in [0.5, 0.6) is 5.75 Å². The molecular weight excluding hydrogens is 309 g/mol. The number of ether oxygens (including phenoxy) is 1. The molecule has 0 aliphatic heterocycles. The molecule has 0 bridgehead atoms. The summed E-state index contributed by atoms with van der Waals surface area (Å²) in [4.78, 5) is 11.5. The maximum Gasteiger partial charge on any atom is 0.343 e. The Hall–Kier alpha value is -1.29. The number of hydrogen-bond donors (Lipinski definition) is 1. The van der Waals surface area contributed by atoms with Crippen LogP contribution in [0.2, 0.25) is 0 Å². The number of aromatic hydroxyl groups is 1. The number of phenolic OH excluding ortho intramolecular Hbond substituents is 1. The first-order chi connectivity index (χ1) is 7.11. The SMILES string of the molecule is CCOC(=O)c1c(O)ccc(I)c1C#N. The lowest BCUT2D eigenvalue weighted by atomic mass is 10.1. The molecule has 0 aromatic heterocycles. The monoisotopic (exact) mass is 317 g/mol. The molecule has 0 radical (unpaired) electrons. The van der Waals surface area contributed by atoms with Crippen LogP contribution in [-0.4, -0.2) is 17.7 Å². The predicted molar refractivity (Wildman–Crippen MR) is 61.5 cm³/mol. The summed E-state index contributed by atoms with van der Waals surface area (Å²) in [5.41, 5.74) is 0.0836. The lowest BCUT2D eigenvalue weighted by Crippen LogP contribution is -2.08. The number of hydrogen-bond acceptors (Lipinski definition) is 4. The van der Waals surface area contributed by atoms with Crippen LogP contribution >= 0.6 is 22.6 Å². The summed E-state index contributed by atoms with van der Waals surface area (Å²) in [7, 11) is 0. The summed E-state index contributed by atoms with van der Waals surface area (Å²) in [5, 5.41) is 18.4. The Kier molecular flexibility index (Phi) is 3.91. The van der Waals surface area contributed by atoms with E-state index in [-0.39, 0.29) is 23.5 Å². The Bertz CT molecular complexity index is 437. The summed E-state index contributed by atoms with van der Waals surface area (Å²) in [5.74, 6) is -0.907.